The van der Waals surface area contributed by atoms with E-state index in [0.717, 1.165) is 36.5 Å². The molecule has 2 unspecified atom stereocenters. The molecule has 0 radical (unpaired) electrons. The lowest BCUT2D eigenvalue weighted by Crippen LogP contribution is -2.49. The summed E-state index contributed by atoms with van der Waals surface area (Å²) in [6.45, 7) is 14.7. The number of aliphatic hydroxyl groups excluding tert-OH is 1. The quantitative estimate of drug-likeness (QED) is 0.489. The molecule has 4 rings (SSSR count). The first-order chi connectivity index (χ1) is 13.7. The normalized spacial score (nSPS) is 46.8. The van der Waals surface area contributed by atoms with Crippen LogP contribution >= 0.6 is 0 Å². The van der Waals surface area contributed by atoms with Crippen LogP contribution in [0.15, 0.2) is 23.8 Å². The Balaban J connectivity index is 1.54. The molecule has 1 heteroatoms. The van der Waals surface area contributed by atoms with Crippen molar-refractivity contribution in [3.63, 3.8) is 0 Å². The number of hydrogen-bond donors (Lipinski definition) is 1. The second-order valence-corrected chi connectivity index (χ2v) is 12.3. The number of allylic oxidation sites excluding steroid dienone is 4. The maximum absolute atomic E-state index is 10.2. The van der Waals surface area contributed by atoms with Crippen LogP contribution in [-0.2, 0) is 0 Å². The van der Waals surface area contributed by atoms with Gasteiger partial charge in [-0.05, 0) is 104 Å². The van der Waals surface area contributed by atoms with Gasteiger partial charge in [-0.1, -0.05) is 65.3 Å². The van der Waals surface area contributed by atoms with Gasteiger partial charge in [-0.2, -0.15) is 0 Å². The molecule has 0 aliphatic heterocycles. The third-order valence-electron chi connectivity index (χ3n) is 10.5. The Labute approximate surface area is 180 Å². The van der Waals surface area contributed by atoms with E-state index in [4.69, 9.17) is 0 Å². The van der Waals surface area contributed by atoms with Crippen molar-refractivity contribution in [2.24, 2.45) is 52.3 Å². The standard InChI is InChI=1S/C28H46O/c1-18(2)19(3)7-8-20(4)24-11-12-25-23-10-9-21-17-22(29)13-15-27(21,5)26(23)14-16-28(24,25)6/h7-8,10,18-22,24-26,29H,9,11-17H2,1-6H3/b8-7+/t19-,20+,21?,22?,24+,25-,26-,27-,28+/m0/s1. The van der Waals surface area contributed by atoms with Gasteiger partial charge in [0, 0.05) is 0 Å². The van der Waals surface area contributed by atoms with Crippen LogP contribution in [0.25, 0.3) is 0 Å². The van der Waals surface area contributed by atoms with Crippen LogP contribution < -0.4 is 0 Å². The van der Waals surface area contributed by atoms with E-state index < -0.39 is 0 Å². The fraction of sp³-hybridized carbons (Fsp3) is 0.857. The van der Waals surface area contributed by atoms with Gasteiger partial charge in [-0.15, -0.1) is 0 Å². The smallest absolute Gasteiger partial charge is 0.0543 e. The molecule has 0 bridgehead atoms. The van der Waals surface area contributed by atoms with Crippen molar-refractivity contribution >= 4 is 0 Å². The van der Waals surface area contributed by atoms with E-state index in [-0.39, 0.29) is 6.10 Å². The first kappa shape index (κ1) is 21.7. The topological polar surface area (TPSA) is 20.2 Å². The van der Waals surface area contributed by atoms with Crippen LogP contribution in [0, 0.1) is 52.3 Å². The molecular formula is C28H46O. The highest BCUT2D eigenvalue weighted by atomic mass is 16.3. The third-order valence-corrected chi connectivity index (χ3v) is 10.5. The Morgan fingerprint density at radius 1 is 0.931 bits per heavy atom. The number of rotatable bonds is 4. The highest BCUT2D eigenvalue weighted by Gasteiger charge is 2.57. The predicted octanol–water partition coefficient (Wildman–Crippen LogP) is 7.41. The molecule has 29 heavy (non-hydrogen) atoms. The van der Waals surface area contributed by atoms with E-state index in [1.54, 1.807) is 0 Å². The summed E-state index contributed by atoms with van der Waals surface area (Å²) in [6.07, 6.45) is 17.8. The molecule has 0 aromatic rings. The Hall–Kier alpha value is -0.560. The average Bonchev–Trinajstić information content (AvgIpc) is 3.03. The largest absolute Gasteiger partial charge is 0.393 e. The average molecular weight is 399 g/mol. The molecule has 4 aliphatic rings. The molecule has 0 heterocycles. The van der Waals surface area contributed by atoms with Crippen molar-refractivity contribution in [1.82, 2.24) is 0 Å². The summed E-state index contributed by atoms with van der Waals surface area (Å²) in [5.74, 6) is 5.25. The van der Waals surface area contributed by atoms with Crippen molar-refractivity contribution in [1.29, 1.82) is 0 Å². The van der Waals surface area contributed by atoms with Crippen LogP contribution in [0.5, 0.6) is 0 Å². The summed E-state index contributed by atoms with van der Waals surface area (Å²) in [5.41, 5.74) is 2.79. The van der Waals surface area contributed by atoms with Crippen LogP contribution in [0.1, 0.15) is 92.9 Å². The minimum atomic E-state index is -0.0476. The van der Waals surface area contributed by atoms with E-state index in [0.29, 0.717) is 28.6 Å². The first-order valence-electron chi connectivity index (χ1n) is 12.7. The van der Waals surface area contributed by atoms with Crippen molar-refractivity contribution < 1.29 is 5.11 Å². The van der Waals surface area contributed by atoms with Crippen molar-refractivity contribution in [2.45, 2.75) is 99.0 Å². The van der Waals surface area contributed by atoms with E-state index in [1.807, 2.05) is 5.57 Å². The molecule has 3 fully saturated rings. The summed E-state index contributed by atoms with van der Waals surface area (Å²) in [7, 11) is 0. The number of hydrogen-bond acceptors (Lipinski definition) is 1. The van der Waals surface area contributed by atoms with Crippen LogP contribution in [-0.4, -0.2) is 11.2 Å². The van der Waals surface area contributed by atoms with Crippen molar-refractivity contribution in [3.05, 3.63) is 23.8 Å². The lowest BCUT2D eigenvalue weighted by molar-refractivity contribution is -0.0414. The van der Waals surface area contributed by atoms with Gasteiger partial charge in [-0.25, -0.2) is 0 Å². The SMILES string of the molecule is CC(C)[C@@H](C)/C=C/[C@@H](C)[C@H]1CC[C@H]2C3=CCC4CC(O)CC[C@]4(C)[C@H]3CC[C@]12C. The molecule has 0 aromatic carbocycles. The van der Waals surface area contributed by atoms with Gasteiger partial charge >= 0.3 is 0 Å². The maximum Gasteiger partial charge on any atom is 0.0543 e. The van der Waals surface area contributed by atoms with E-state index in [1.165, 1.54) is 38.5 Å². The lowest BCUT2D eigenvalue weighted by Gasteiger charge is -2.57. The Bertz CT molecular complexity index is 659. The van der Waals surface area contributed by atoms with Gasteiger partial charge in [0.15, 0.2) is 0 Å². The third kappa shape index (κ3) is 3.58. The van der Waals surface area contributed by atoms with Gasteiger partial charge in [0.2, 0.25) is 0 Å². The van der Waals surface area contributed by atoms with Gasteiger partial charge in [0.1, 0.15) is 0 Å². The van der Waals surface area contributed by atoms with Gasteiger partial charge < -0.3 is 5.11 Å². The highest BCUT2D eigenvalue weighted by Crippen LogP contribution is 2.66. The van der Waals surface area contributed by atoms with Crippen molar-refractivity contribution in [3.8, 4) is 0 Å². The van der Waals surface area contributed by atoms with Gasteiger partial charge in [-0.3, -0.25) is 0 Å². The monoisotopic (exact) mass is 398 g/mol. The summed E-state index contributed by atoms with van der Waals surface area (Å²) in [4.78, 5) is 0. The van der Waals surface area contributed by atoms with Crippen LogP contribution in [0.3, 0.4) is 0 Å². The van der Waals surface area contributed by atoms with Crippen molar-refractivity contribution in [2.75, 3.05) is 0 Å². The van der Waals surface area contributed by atoms with Crippen LogP contribution in [0.4, 0.5) is 0 Å². The lowest BCUT2D eigenvalue weighted by atomic mass is 9.47. The van der Waals surface area contributed by atoms with E-state index in [9.17, 15) is 5.11 Å². The summed E-state index contributed by atoms with van der Waals surface area (Å²) in [5, 5.41) is 10.2. The molecule has 0 aromatic heterocycles. The molecule has 0 saturated heterocycles. The molecule has 164 valence electrons. The van der Waals surface area contributed by atoms with Crippen LogP contribution in [0.2, 0.25) is 0 Å². The fourth-order valence-electron chi connectivity index (χ4n) is 8.10. The molecule has 0 spiro atoms. The zero-order valence-electron chi connectivity index (χ0n) is 20.0. The summed E-state index contributed by atoms with van der Waals surface area (Å²) in [6, 6.07) is 0. The van der Waals surface area contributed by atoms with Gasteiger partial charge in [0.05, 0.1) is 6.10 Å². The molecule has 1 nitrogen and oxygen atoms in total. The molecule has 0 amide bonds. The molecular weight excluding hydrogens is 352 g/mol. The Kier molecular flexibility index (Phi) is 5.86. The highest BCUT2D eigenvalue weighted by molar-refractivity contribution is 5.28. The summed E-state index contributed by atoms with van der Waals surface area (Å²) >= 11 is 0. The van der Waals surface area contributed by atoms with Gasteiger partial charge in [0.25, 0.3) is 0 Å². The summed E-state index contributed by atoms with van der Waals surface area (Å²) < 4.78 is 0. The number of aliphatic hydroxyl groups is 1. The molecule has 3 saturated carbocycles. The first-order valence-corrected chi connectivity index (χ1v) is 12.7. The Morgan fingerprint density at radius 3 is 2.34 bits per heavy atom. The molecule has 9 atom stereocenters. The van der Waals surface area contributed by atoms with E-state index >= 15 is 0 Å². The zero-order valence-corrected chi connectivity index (χ0v) is 20.0. The molecule has 1 N–H and O–H groups in total. The maximum atomic E-state index is 10.2. The minimum absolute atomic E-state index is 0.0476. The minimum Gasteiger partial charge on any atom is -0.393 e. The second kappa shape index (κ2) is 7.85. The number of fused-ring (bicyclic) bond motifs is 5. The fourth-order valence-corrected chi connectivity index (χ4v) is 8.10. The zero-order chi connectivity index (χ0) is 21.0. The molecule has 4 aliphatic carbocycles. The second-order valence-electron chi connectivity index (χ2n) is 12.3. The van der Waals surface area contributed by atoms with E-state index in [2.05, 4.69) is 59.8 Å². The Morgan fingerprint density at radius 2 is 1.62 bits per heavy atom. The predicted molar refractivity (Wildman–Crippen MR) is 124 cm³/mol.